The first-order valence-corrected chi connectivity index (χ1v) is 11.6. The van der Waals surface area contributed by atoms with Crippen molar-refractivity contribution in [2.24, 2.45) is 5.92 Å². The van der Waals surface area contributed by atoms with Gasteiger partial charge in [-0.15, -0.1) is 0 Å². The zero-order valence-corrected chi connectivity index (χ0v) is 20.5. The van der Waals surface area contributed by atoms with Crippen LogP contribution in [0.5, 0.6) is 0 Å². The molecule has 0 saturated heterocycles. The molecule has 1 aliphatic rings. The number of halogens is 2. The monoisotopic (exact) mass is 498 g/mol. The maximum atomic E-state index is 15.4. The summed E-state index contributed by atoms with van der Waals surface area (Å²) in [5, 5.41) is 5.72. The molecular formula is C25H24ClFN4O4. The third-order valence-corrected chi connectivity index (χ3v) is 6.01. The summed E-state index contributed by atoms with van der Waals surface area (Å²) in [4.78, 5) is 30.0. The molecule has 0 unspecified atom stereocenters. The summed E-state index contributed by atoms with van der Waals surface area (Å²) in [5.41, 5.74) is 0.508. The molecule has 0 radical (unpaired) electrons. The van der Waals surface area contributed by atoms with Crippen LogP contribution in [0.25, 0.3) is 27.9 Å². The van der Waals surface area contributed by atoms with E-state index < -0.39 is 23.4 Å². The molecule has 10 heteroatoms. The predicted molar refractivity (Wildman–Crippen MR) is 128 cm³/mol. The lowest BCUT2D eigenvalue weighted by atomic mass is 10.1. The molecule has 4 aromatic heterocycles. The van der Waals surface area contributed by atoms with Gasteiger partial charge in [0.05, 0.1) is 18.4 Å². The SMILES string of the molecule is COC(=O)c1cc(F)c2c(C(=O)OC(C)(C)C)c(-c3cc4ccc(Cl)nc4n3CC3CC3)nn2c1. The van der Waals surface area contributed by atoms with Gasteiger partial charge in [0.25, 0.3) is 0 Å². The molecule has 1 saturated carbocycles. The minimum Gasteiger partial charge on any atom is -0.465 e. The number of hydrogen-bond acceptors (Lipinski definition) is 6. The molecule has 0 bridgehead atoms. The first-order valence-electron chi connectivity index (χ1n) is 11.3. The molecule has 8 nitrogen and oxygen atoms in total. The van der Waals surface area contributed by atoms with Crippen LogP contribution in [0, 0.1) is 11.7 Å². The molecule has 4 heterocycles. The van der Waals surface area contributed by atoms with Crippen molar-refractivity contribution < 1.29 is 23.5 Å². The fourth-order valence-electron chi connectivity index (χ4n) is 4.11. The Bertz CT molecular complexity index is 1500. The van der Waals surface area contributed by atoms with Crippen LogP contribution in [0.1, 0.15) is 54.3 Å². The summed E-state index contributed by atoms with van der Waals surface area (Å²) in [6.07, 6.45) is 3.51. The minimum absolute atomic E-state index is 0.0280. The lowest BCUT2D eigenvalue weighted by Gasteiger charge is -2.19. The minimum atomic E-state index is -0.819. The highest BCUT2D eigenvalue weighted by Gasteiger charge is 2.32. The summed E-state index contributed by atoms with van der Waals surface area (Å²) in [5.74, 6) is -1.77. The number of fused-ring (bicyclic) bond motifs is 2. The molecule has 1 aliphatic carbocycles. The number of carbonyl (C=O) groups excluding carboxylic acids is 2. The van der Waals surface area contributed by atoms with Crippen molar-refractivity contribution in [2.45, 2.75) is 45.8 Å². The van der Waals surface area contributed by atoms with Crippen LogP contribution >= 0.6 is 11.6 Å². The van der Waals surface area contributed by atoms with E-state index in [1.54, 1.807) is 26.8 Å². The number of aromatic nitrogens is 4. The maximum Gasteiger partial charge on any atom is 0.343 e. The van der Waals surface area contributed by atoms with E-state index in [-0.39, 0.29) is 22.3 Å². The van der Waals surface area contributed by atoms with Gasteiger partial charge in [0.2, 0.25) is 0 Å². The van der Waals surface area contributed by atoms with Crippen molar-refractivity contribution in [1.82, 2.24) is 19.2 Å². The van der Waals surface area contributed by atoms with Crippen LogP contribution in [-0.4, -0.2) is 43.8 Å². The fraction of sp³-hybridized carbons (Fsp3) is 0.360. The van der Waals surface area contributed by atoms with Gasteiger partial charge in [-0.1, -0.05) is 11.6 Å². The molecule has 0 aromatic carbocycles. The van der Waals surface area contributed by atoms with E-state index >= 15 is 4.39 Å². The number of methoxy groups -OCH3 is 1. The van der Waals surface area contributed by atoms with E-state index in [2.05, 4.69) is 10.1 Å². The standard InChI is InChI=1S/C25H24ClFN4O4/c1-25(2,3)35-24(33)19-20(29-31-12-15(23(32)34-4)9-16(27)21(19)31)17-10-14-7-8-18(26)28-22(14)30(17)11-13-5-6-13/h7-10,12-13H,5-6,11H2,1-4H3. The van der Waals surface area contributed by atoms with Gasteiger partial charge in [0, 0.05) is 18.1 Å². The second-order valence-corrected chi connectivity index (χ2v) is 10.1. The second kappa shape index (κ2) is 8.34. The molecule has 1 fully saturated rings. The maximum absolute atomic E-state index is 15.4. The van der Waals surface area contributed by atoms with Crippen LogP contribution in [0.3, 0.4) is 0 Å². The number of esters is 2. The van der Waals surface area contributed by atoms with Gasteiger partial charge in [-0.05, 0) is 63.8 Å². The number of hydrogen-bond donors (Lipinski definition) is 0. The highest BCUT2D eigenvalue weighted by Crippen LogP contribution is 2.38. The highest BCUT2D eigenvalue weighted by molar-refractivity contribution is 6.29. The molecule has 4 aromatic rings. The van der Waals surface area contributed by atoms with E-state index in [1.165, 1.54) is 17.8 Å². The Morgan fingerprint density at radius 2 is 1.94 bits per heavy atom. The molecule has 0 spiro atoms. The summed E-state index contributed by atoms with van der Waals surface area (Å²) in [6, 6.07) is 6.42. The molecular weight excluding hydrogens is 475 g/mol. The van der Waals surface area contributed by atoms with Crippen molar-refractivity contribution in [3.63, 3.8) is 0 Å². The van der Waals surface area contributed by atoms with Crippen molar-refractivity contribution in [3.8, 4) is 11.4 Å². The molecule has 35 heavy (non-hydrogen) atoms. The number of carbonyl (C=O) groups is 2. The molecule has 0 amide bonds. The molecule has 182 valence electrons. The lowest BCUT2D eigenvalue weighted by molar-refractivity contribution is 0.00721. The zero-order valence-electron chi connectivity index (χ0n) is 19.8. The van der Waals surface area contributed by atoms with E-state index in [1.807, 2.05) is 16.7 Å². The van der Waals surface area contributed by atoms with Crippen LogP contribution in [0.4, 0.5) is 4.39 Å². The topological polar surface area (TPSA) is 87.7 Å². The lowest BCUT2D eigenvalue weighted by Crippen LogP contribution is -2.24. The Morgan fingerprint density at radius 3 is 2.60 bits per heavy atom. The van der Waals surface area contributed by atoms with E-state index in [0.717, 1.165) is 24.3 Å². The van der Waals surface area contributed by atoms with Gasteiger partial charge in [-0.2, -0.15) is 5.10 Å². The van der Waals surface area contributed by atoms with Gasteiger partial charge in [-0.25, -0.2) is 23.5 Å². The number of rotatable bonds is 5. The summed E-state index contributed by atoms with van der Waals surface area (Å²) < 4.78 is 28.9. The largest absolute Gasteiger partial charge is 0.465 e. The average Bonchev–Trinajstić information content (AvgIpc) is 3.41. The van der Waals surface area contributed by atoms with Crippen molar-refractivity contribution in [3.05, 3.63) is 52.6 Å². The molecule has 5 rings (SSSR count). The van der Waals surface area contributed by atoms with Gasteiger partial charge >= 0.3 is 11.9 Å². The summed E-state index contributed by atoms with van der Waals surface area (Å²) in [7, 11) is 1.21. The quantitative estimate of drug-likeness (QED) is 0.274. The van der Waals surface area contributed by atoms with Gasteiger partial charge in [0.15, 0.2) is 5.82 Å². The van der Waals surface area contributed by atoms with Crippen LogP contribution in [0.2, 0.25) is 5.15 Å². The van der Waals surface area contributed by atoms with Gasteiger partial charge < -0.3 is 14.0 Å². The number of nitrogens with zero attached hydrogens (tertiary/aromatic N) is 4. The molecule has 0 aliphatic heterocycles. The Morgan fingerprint density at radius 1 is 1.20 bits per heavy atom. The van der Waals surface area contributed by atoms with E-state index in [9.17, 15) is 9.59 Å². The van der Waals surface area contributed by atoms with Gasteiger partial charge in [0.1, 0.15) is 33.2 Å². The summed E-state index contributed by atoms with van der Waals surface area (Å²) >= 11 is 6.19. The second-order valence-electron chi connectivity index (χ2n) is 9.72. The summed E-state index contributed by atoms with van der Waals surface area (Å²) in [6.45, 7) is 5.86. The third-order valence-electron chi connectivity index (χ3n) is 5.79. The fourth-order valence-corrected chi connectivity index (χ4v) is 4.25. The molecule has 0 N–H and O–H groups in total. The smallest absolute Gasteiger partial charge is 0.343 e. The van der Waals surface area contributed by atoms with Crippen LogP contribution in [-0.2, 0) is 16.0 Å². The van der Waals surface area contributed by atoms with Crippen molar-refractivity contribution >= 4 is 40.1 Å². The zero-order chi connectivity index (χ0) is 25.1. The Hall–Kier alpha value is -3.46. The number of ether oxygens (including phenoxy) is 2. The Labute approximate surface area is 205 Å². The third kappa shape index (κ3) is 4.36. The van der Waals surface area contributed by atoms with E-state index in [0.29, 0.717) is 29.0 Å². The molecule has 0 atom stereocenters. The first-order chi connectivity index (χ1) is 16.6. The predicted octanol–water partition coefficient (Wildman–Crippen LogP) is 5.30. The Kier molecular flexibility index (Phi) is 5.55. The highest BCUT2D eigenvalue weighted by atomic mass is 35.5. The van der Waals surface area contributed by atoms with Crippen molar-refractivity contribution in [2.75, 3.05) is 7.11 Å². The normalized spacial score (nSPS) is 14.0. The van der Waals surface area contributed by atoms with Crippen LogP contribution in [0.15, 0.2) is 30.5 Å². The number of pyridine rings is 2. The van der Waals surface area contributed by atoms with Crippen molar-refractivity contribution in [1.29, 1.82) is 0 Å². The van der Waals surface area contributed by atoms with Gasteiger partial charge in [-0.3, -0.25) is 0 Å². The Balaban J connectivity index is 1.80. The first kappa shape index (κ1) is 23.3. The van der Waals surface area contributed by atoms with Crippen LogP contribution < -0.4 is 0 Å². The van der Waals surface area contributed by atoms with E-state index in [4.69, 9.17) is 21.1 Å². The average molecular weight is 499 g/mol.